The second kappa shape index (κ2) is 6.82. The van der Waals surface area contributed by atoms with E-state index in [9.17, 15) is 0 Å². The summed E-state index contributed by atoms with van der Waals surface area (Å²) in [7, 11) is 0. The molecule has 0 aliphatic heterocycles. The van der Waals surface area contributed by atoms with Crippen LogP contribution < -0.4 is 5.32 Å². The molecule has 1 unspecified atom stereocenters. The Morgan fingerprint density at radius 1 is 1.53 bits per heavy atom. The molecule has 96 valence electrons. The maximum absolute atomic E-state index is 5.77. The topological polar surface area (TPSA) is 34.4 Å². The standard InChI is InChI=1S/C14H23NO2/c1-12(16-9-7-13-4-2-5-13)10-15-11-14-6-3-8-17-14/h3,6,8,12-13,15H,2,4-5,7,9-11H2,1H3. The van der Waals surface area contributed by atoms with Crippen LogP contribution in [0.4, 0.5) is 0 Å². The van der Waals surface area contributed by atoms with E-state index in [1.807, 2.05) is 12.1 Å². The second-order valence-electron chi connectivity index (χ2n) is 4.98. The van der Waals surface area contributed by atoms with Gasteiger partial charge in [0.1, 0.15) is 5.76 Å². The van der Waals surface area contributed by atoms with Crippen molar-refractivity contribution >= 4 is 0 Å². The summed E-state index contributed by atoms with van der Waals surface area (Å²) in [5, 5.41) is 3.33. The van der Waals surface area contributed by atoms with Gasteiger partial charge in [-0.25, -0.2) is 0 Å². The van der Waals surface area contributed by atoms with E-state index in [1.165, 1.54) is 25.7 Å². The number of nitrogens with one attached hydrogen (secondary N) is 1. The molecule has 3 nitrogen and oxygen atoms in total. The molecule has 1 aliphatic rings. The first-order valence-electron chi connectivity index (χ1n) is 6.69. The number of ether oxygens (including phenoxy) is 1. The SMILES string of the molecule is CC(CNCc1ccco1)OCCC1CCC1. The van der Waals surface area contributed by atoms with Gasteiger partial charge in [0.2, 0.25) is 0 Å². The van der Waals surface area contributed by atoms with E-state index >= 15 is 0 Å². The molecule has 3 heteroatoms. The highest BCUT2D eigenvalue weighted by atomic mass is 16.5. The van der Waals surface area contributed by atoms with Crippen LogP contribution in [0.3, 0.4) is 0 Å². The fourth-order valence-corrected chi connectivity index (χ4v) is 2.09. The van der Waals surface area contributed by atoms with E-state index in [0.29, 0.717) is 0 Å². The molecular formula is C14H23NO2. The summed E-state index contributed by atoms with van der Waals surface area (Å²) in [6, 6.07) is 3.89. The molecule has 1 fully saturated rings. The minimum atomic E-state index is 0.282. The van der Waals surface area contributed by atoms with Crippen LogP contribution in [-0.4, -0.2) is 19.3 Å². The van der Waals surface area contributed by atoms with E-state index in [2.05, 4.69) is 12.2 Å². The molecule has 1 atom stereocenters. The zero-order chi connectivity index (χ0) is 11.9. The van der Waals surface area contributed by atoms with Crippen molar-refractivity contribution in [1.29, 1.82) is 0 Å². The summed E-state index contributed by atoms with van der Waals surface area (Å²) < 4.78 is 11.0. The smallest absolute Gasteiger partial charge is 0.117 e. The van der Waals surface area contributed by atoms with Crippen LogP contribution in [0.2, 0.25) is 0 Å². The van der Waals surface area contributed by atoms with Gasteiger partial charge in [0.05, 0.1) is 18.9 Å². The first kappa shape index (κ1) is 12.7. The molecule has 0 saturated heterocycles. The molecule has 2 rings (SSSR count). The molecule has 0 amide bonds. The Hall–Kier alpha value is -0.800. The van der Waals surface area contributed by atoms with Crippen LogP contribution in [0.5, 0.6) is 0 Å². The highest BCUT2D eigenvalue weighted by molar-refractivity contribution is 4.97. The first-order chi connectivity index (χ1) is 8.34. The largest absolute Gasteiger partial charge is 0.468 e. The Kier molecular flexibility index (Phi) is 5.08. The third-order valence-corrected chi connectivity index (χ3v) is 3.46. The predicted molar refractivity (Wildman–Crippen MR) is 67.8 cm³/mol. The molecule has 1 saturated carbocycles. The van der Waals surface area contributed by atoms with E-state index in [-0.39, 0.29) is 6.10 Å². The normalized spacial score (nSPS) is 17.9. The molecule has 1 N–H and O–H groups in total. The van der Waals surface area contributed by atoms with E-state index in [0.717, 1.165) is 31.4 Å². The third-order valence-electron chi connectivity index (χ3n) is 3.46. The average Bonchev–Trinajstić information content (AvgIpc) is 2.75. The van der Waals surface area contributed by atoms with Gasteiger partial charge in [-0.3, -0.25) is 0 Å². The molecule has 17 heavy (non-hydrogen) atoms. The molecule has 1 heterocycles. The Balaban J connectivity index is 1.47. The molecule has 1 aliphatic carbocycles. The second-order valence-corrected chi connectivity index (χ2v) is 4.98. The minimum Gasteiger partial charge on any atom is -0.468 e. The number of hydrogen-bond acceptors (Lipinski definition) is 3. The van der Waals surface area contributed by atoms with E-state index in [4.69, 9.17) is 9.15 Å². The molecular weight excluding hydrogens is 214 g/mol. The summed E-state index contributed by atoms with van der Waals surface area (Å²) >= 11 is 0. The van der Waals surface area contributed by atoms with Gasteiger partial charge >= 0.3 is 0 Å². The molecule has 0 spiro atoms. The summed E-state index contributed by atoms with van der Waals surface area (Å²) in [4.78, 5) is 0. The Bertz CT molecular complexity index is 293. The lowest BCUT2D eigenvalue weighted by atomic mass is 9.83. The van der Waals surface area contributed by atoms with Gasteiger partial charge in [-0.15, -0.1) is 0 Å². The van der Waals surface area contributed by atoms with Crippen LogP contribution in [0.1, 0.15) is 38.4 Å². The summed E-state index contributed by atoms with van der Waals surface area (Å²) in [6.45, 7) is 4.69. The Morgan fingerprint density at radius 3 is 3.06 bits per heavy atom. The summed E-state index contributed by atoms with van der Waals surface area (Å²) in [5.41, 5.74) is 0. The van der Waals surface area contributed by atoms with Gasteiger partial charge in [0.15, 0.2) is 0 Å². The van der Waals surface area contributed by atoms with Crippen molar-refractivity contribution < 1.29 is 9.15 Å². The van der Waals surface area contributed by atoms with Gasteiger partial charge < -0.3 is 14.5 Å². The van der Waals surface area contributed by atoms with Gasteiger partial charge in [0.25, 0.3) is 0 Å². The fourth-order valence-electron chi connectivity index (χ4n) is 2.09. The van der Waals surface area contributed by atoms with Crippen molar-refractivity contribution in [2.24, 2.45) is 5.92 Å². The van der Waals surface area contributed by atoms with Crippen molar-refractivity contribution in [2.75, 3.05) is 13.2 Å². The monoisotopic (exact) mass is 237 g/mol. The highest BCUT2D eigenvalue weighted by Crippen LogP contribution is 2.29. The number of furan rings is 1. The summed E-state index contributed by atoms with van der Waals surface area (Å²) in [6.07, 6.45) is 7.47. The van der Waals surface area contributed by atoms with Gasteiger partial charge in [-0.1, -0.05) is 19.3 Å². The Morgan fingerprint density at radius 2 is 2.41 bits per heavy atom. The molecule has 0 radical (unpaired) electrons. The van der Waals surface area contributed by atoms with Gasteiger partial charge in [0, 0.05) is 13.2 Å². The predicted octanol–water partition coefficient (Wildman–Crippen LogP) is 2.96. The zero-order valence-corrected chi connectivity index (χ0v) is 10.7. The highest BCUT2D eigenvalue weighted by Gasteiger charge is 2.17. The van der Waals surface area contributed by atoms with Gasteiger partial charge in [-0.2, -0.15) is 0 Å². The van der Waals surface area contributed by atoms with Gasteiger partial charge in [-0.05, 0) is 31.4 Å². The van der Waals surface area contributed by atoms with Crippen molar-refractivity contribution in [3.05, 3.63) is 24.2 Å². The fraction of sp³-hybridized carbons (Fsp3) is 0.714. The molecule has 1 aromatic rings. The lowest BCUT2D eigenvalue weighted by Crippen LogP contribution is -2.27. The Labute approximate surface area is 104 Å². The van der Waals surface area contributed by atoms with Crippen LogP contribution in [0.25, 0.3) is 0 Å². The maximum Gasteiger partial charge on any atom is 0.117 e. The van der Waals surface area contributed by atoms with Crippen molar-refractivity contribution in [3.8, 4) is 0 Å². The number of hydrogen-bond donors (Lipinski definition) is 1. The molecule has 0 aromatic carbocycles. The van der Waals surface area contributed by atoms with Crippen molar-refractivity contribution in [1.82, 2.24) is 5.32 Å². The van der Waals surface area contributed by atoms with E-state index in [1.54, 1.807) is 6.26 Å². The third kappa shape index (κ3) is 4.52. The average molecular weight is 237 g/mol. The first-order valence-corrected chi connectivity index (χ1v) is 6.69. The van der Waals surface area contributed by atoms with Crippen molar-refractivity contribution in [3.63, 3.8) is 0 Å². The van der Waals surface area contributed by atoms with Crippen LogP contribution in [0, 0.1) is 5.92 Å². The lowest BCUT2D eigenvalue weighted by molar-refractivity contribution is 0.0488. The molecule has 0 bridgehead atoms. The summed E-state index contributed by atoms with van der Waals surface area (Å²) in [5.74, 6) is 1.92. The molecule has 1 aromatic heterocycles. The maximum atomic E-state index is 5.77. The minimum absolute atomic E-state index is 0.282. The van der Waals surface area contributed by atoms with Crippen LogP contribution in [0.15, 0.2) is 22.8 Å². The zero-order valence-electron chi connectivity index (χ0n) is 10.7. The van der Waals surface area contributed by atoms with E-state index < -0.39 is 0 Å². The van der Waals surface area contributed by atoms with Crippen LogP contribution >= 0.6 is 0 Å². The lowest BCUT2D eigenvalue weighted by Gasteiger charge is -2.25. The van der Waals surface area contributed by atoms with Crippen molar-refractivity contribution in [2.45, 2.75) is 45.3 Å². The quantitative estimate of drug-likeness (QED) is 0.755. The number of rotatable bonds is 8. The van der Waals surface area contributed by atoms with Crippen LogP contribution in [-0.2, 0) is 11.3 Å².